The summed E-state index contributed by atoms with van der Waals surface area (Å²) in [4.78, 5) is 24.5. The predicted octanol–water partition coefficient (Wildman–Crippen LogP) is 1.72. The van der Waals surface area contributed by atoms with Gasteiger partial charge in [0.05, 0.1) is 24.2 Å². The average Bonchev–Trinajstić information content (AvgIpc) is 2.46. The van der Waals surface area contributed by atoms with E-state index >= 15 is 0 Å². The number of hydrogen-bond donors (Lipinski definition) is 1. The first-order valence-corrected chi connectivity index (χ1v) is 5.63. The Balaban J connectivity index is 2.32. The van der Waals surface area contributed by atoms with Crippen LogP contribution in [0.15, 0.2) is 24.3 Å². The van der Waals surface area contributed by atoms with Gasteiger partial charge >= 0.3 is 6.18 Å². The van der Waals surface area contributed by atoms with Gasteiger partial charge in [-0.3, -0.25) is 9.59 Å². The van der Waals surface area contributed by atoms with Gasteiger partial charge in [-0.1, -0.05) is 12.1 Å². The minimum Gasteiger partial charge on any atom is -0.343 e. The summed E-state index contributed by atoms with van der Waals surface area (Å²) < 4.78 is 36.8. The minimum absolute atomic E-state index is 0.204. The van der Waals surface area contributed by atoms with Gasteiger partial charge in [-0.2, -0.15) is 13.2 Å². The summed E-state index contributed by atoms with van der Waals surface area (Å²) in [5, 5.41) is 2.37. The second kappa shape index (κ2) is 4.91. The van der Waals surface area contributed by atoms with E-state index in [9.17, 15) is 22.8 Å². The van der Waals surface area contributed by atoms with Crippen LogP contribution in [0.25, 0.3) is 0 Å². The number of para-hydroxylation sites is 1. The van der Waals surface area contributed by atoms with Crippen LogP contribution in [0, 0.1) is 0 Å². The first-order valence-electron chi connectivity index (χ1n) is 5.63. The van der Waals surface area contributed by atoms with Gasteiger partial charge in [0.25, 0.3) is 5.91 Å². The number of nitrogens with zero attached hydrogens (tertiary/aromatic N) is 1. The van der Waals surface area contributed by atoms with Crippen molar-refractivity contribution >= 4 is 17.5 Å². The van der Waals surface area contributed by atoms with E-state index in [1.807, 2.05) is 0 Å². The van der Waals surface area contributed by atoms with Crippen molar-refractivity contribution in [2.45, 2.75) is 12.6 Å². The van der Waals surface area contributed by atoms with E-state index < -0.39 is 31.0 Å². The maximum Gasteiger partial charge on any atom is 0.390 e. The smallest absolute Gasteiger partial charge is 0.343 e. The Labute approximate surface area is 107 Å². The van der Waals surface area contributed by atoms with Crippen molar-refractivity contribution in [2.75, 3.05) is 18.0 Å². The molecule has 0 saturated carbocycles. The Morgan fingerprint density at radius 2 is 1.89 bits per heavy atom. The Hall–Kier alpha value is -2.05. The number of halogens is 3. The molecule has 1 aliphatic rings. The highest BCUT2D eigenvalue weighted by Crippen LogP contribution is 2.26. The number of carbonyl (C=O) groups excluding carboxylic acids is 2. The molecule has 1 heterocycles. The van der Waals surface area contributed by atoms with Gasteiger partial charge in [0.15, 0.2) is 0 Å². The molecule has 1 aliphatic heterocycles. The summed E-state index contributed by atoms with van der Waals surface area (Å²) in [6.45, 7) is -0.792. The molecule has 0 fully saturated rings. The molecular weight excluding hydrogens is 261 g/mol. The number of nitrogens with one attached hydrogen (secondary N) is 1. The lowest BCUT2D eigenvalue weighted by Gasteiger charge is -2.22. The van der Waals surface area contributed by atoms with Crippen LogP contribution in [0.4, 0.5) is 18.9 Å². The van der Waals surface area contributed by atoms with Gasteiger partial charge in [0.1, 0.15) is 0 Å². The monoisotopic (exact) mass is 272 g/mol. The van der Waals surface area contributed by atoms with E-state index in [0.29, 0.717) is 0 Å². The van der Waals surface area contributed by atoms with E-state index in [0.717, 1.165) is 4.90 Å². The zero-order chi connectivity index (χ0) is 14.0. The summed E-state index contributed by atoms with van der Waals surface area (Å²) >= 11 is 0. The molecule has 0 radical (unpaired) electrons. The molecule has 0 aliphatic carbocycles. The molecular formula is C12H11F3N2O2. The number of alkyl halides is 3. The quantitative estimate of drug-likeness (QED) is 0.891. The Bertz CT molecular complexity index is 514. The van der Waals surface area contributed by atoms with Gasteiger partial charge in [-0.25, -0.2) is 0 Å². The second-order valence-electron chi connectivity index (χ2n) is 4.11. The van der Waals surface area contributed by atoms with Gasteiger partial charge < -0.3 is 10.2 Å². The third-order valence-corrected chi connectivity index (χ3v) is 2.76. The fraction of sp³-hybridized carbons (Fsp3) is 0.333. The molecule has 0 unspecified atom stereocenters. The van der Waals surface area contributed by atoms with E-state index in [4.69, 9.17) is 0 Å². The summed E-state index contributed by atoms with van der Waals surface area (Å²) in [6.07, 6.45) is -5.46. The zero-order valence-corrected chi connectivity index (χ0v) is 9.83. The van der Waals surface area contributed by atoms with Crippen LogP contribution in [-0.4, -0.2) is 31.1 Å². The van der Waals surface area contributed by atoms with Crippen molar-refractivity contribution in [2.24, 2.45) is 0 Å². The molecule has 2 amide bonds. The van der Waals surface area contributed by atoms with Gasteiger partial charge in [0, 0.05) is 6.54 Å². The van der Waals surface area contributed by atoms with Crippen LogP contribution < -0.4 is 10.2 Å². The normalized spacial score (nSPS) is 15.8. The van der Waals surface area contributed by atoms with E-state index in [1.165, 1.54) is 12.1 Å². The van der Waals surface area contributed by atoms with E-state index in [2.05, 4.69) is 5.32 Å². The van der Waals surface area contributed by atoms with Crippen LogP contribution in [0.3, 0.4) is 0 Å². The molecule has 2 rings (SSSR count). The second-order valence-corrected chi connectivity index (χ2v) is 4.11. The summed E-state index contributed by atoms with van der Waals surface area (Å²) in [7, 11) is 0. The molecule has 1 aromatic carbocycles. The highest BCUT2D eigenvalue weighted by atomic mass is 19.4. The minimum atomic E-state index is -4.35. The molecule has 0 aromatic heterocycles. The van der Waals surface area contributed by atoms with Crippen LogP contribution in [0.2, 0.25) is 0 Å². The molecule has 0 spiro atoms. The Kier molecular flexibility index (Phi) is 3.46. The number of hydrogen-bond acceptors (Lipinski definition) is 2. The fourth-order valence-corrected chi connectivity index (χ4v) is 1.87. The number of carbonyl (C=O) groups is 2. The number of benzene rings is 1. The van der Waals surface area contributed by atoms with Crippen molar-refractivity contribution in [3.8, 4) is 0 Å². The van der Waals surface area contributed by atoms with Crippen LogP contribution in [0.1, 0.15) is 16.8 Å². The zero-order valence-electron chi connectivity index (χ0n) is 9.83. The first-order chi connectivity index (χ1) is 8.88. The lowest BCUT2D eigenvalue weighted by molar-refractivity contribution is -0.133. The topological polar surface area (TPSA) is 49.4 Å². The van der Waals surface area contributed by atoms with Crippen LogP contribution in [-0.2, 0) is 4.79 Å². The van der Waals surface area contributed by atoms with E-state index in [1.54, 1.807) is 12.1 Å². The molecule has 1 N–H and O–H groups in total. The van der Waals surface area contributed by atoms with Crippen molar-refractivity contribution < 1.29 is 22.8 Å². The Morgan fingerprint density at radius 1 is 1.21 bits per heavy atom. The molecule has 1 aromatic rings. The van der Waals surface area contributed by atoms with E-state index in [-0.39, 0.29) is 17.8 Å². The highest BCUT2D eigenvalue weighted by Gasteiger charge is 2.32. The summed E-state index contributed by atoms with van der Waals surface area (Å²) in [5.74, 6) is -1.01. The van der Waals surface area contributed by atoms with Crippen LogP contribution in [0.5, 0.6) is 0 Å². The maximum atomic E-state index is 12.3. The number of anilines is 1. The lowest BCUT2D eigenvalue weighted by Crippen LogP contribution is -2.38. The third kappa shape index (κ3) is 3.04. The highest BCUT2D eigenvalue weighted by molar-refractivity contribution is 6.09. The SMILES string of the molecule is O=C1NCC(=O)N(CCC(F)(F)F)c2ccccc21. The summed E-state index contributed by atoms with van der Waals surface area (Å²) in [6, 6.07) is 6.11. The third-order valence-electron chi connectivity index (χ3n) is 2.76. The maximum absolute atomic E-state index is 12.3. The molecule has 0 atom stereocenters. The van der Waals surface area contributed by atoms with Gasteiger partial charge in [-0.05, 0) is 12.1 Å². The fourth-order valence-electron chi connectivity index (χ4n) is 1.87. The van der Waals surface area contributed by atoms with Crippen molar-refractivity contribution in [3.63, 3.8) is 0 Å². The molecule has 19 heavy (non-hydrogen) atoms. The number of rotatable bonds is 2. The molecule has 102 valence electrons. The number of amides is 2. The molecule has 0 saturated heterocycles. The summed E-state index contributed by atoms with van der Waals surface area (Å²) in [5.41, 5.74) is 0.419. The number of fused-ring (bicyclic) bond motifs is 1. The van der Waals surface area contributed by atoms with Crippen LogP contribution >= 0.6 is 0 Å². The largest absolute Gasteiger partial charge is 0.390 e. The standard InChI is InChI=1S/C12H11F3N2O2/c13-12(14,15)5-6-17-9-4-2-1-3-8(9)11(19)16-7-10(17)18/h1-4H,5-7H2,(H,16,19). The Morgan fingerprint density at radius 3 is 2.58 bits per heavy atom. The molecule has 0 bridgehead atoms. The van der Waals surface area contributed by atoms with Gasteiger partial charge in [-0.15, -0.1) is 0 Å². The lowest BCUT2D eigenvalue weighted by atomic mass is 10.1. The molecule has 4 nitrogen and oxygen atoms in total. The van der Waals surface area contributed by atoms with Crippen molar-refractivity contribution in [1.82, 2.24) is 5.32 Å². The average molecular weight is 272 g/mol. The predicted molar refractivity (Wildman–Crippen MR) is 61.8 cm³/mol. The molecule has 7 heteroatoms. The van der Waals surface area contributed by atoms with Crippen molar-refractivity contribution in [1.29, 1.82) is 0 Å². The van der Waals surface area contributed by atoms with Crippen molar-refractivity contribution in [3.05, 3.63) is 29.8 Å². The first kappa shape index (κ1) is 13.4. The van der Waals surface area contributed by atoms with Gasteiger partial charge in [0.2, 0.25) is 5.91 Å².